The Hall–Kier alpha value is -2.89. The van der Waals surface area contributed by atoms with Crippen LogP contribution < -0.4 is 15.1 Å². The monoisotopic (exact) mass is 458 g/mol. The number of halogens is 2. The van der Waals surface area contributed by atoms with Crippen molar-refractivity contribution in [1.29, 1.82) is 0 Å². The molecule has 2 saturated heterocycles. The van der Waals surface area contributed by atoms with E-state index >= 15 is 0 Å². The summed E-state index contributed by atoms with van der Waals surface area (Å²) in [4.78, 5) is 28.2. The largest absolute Gasteiger partial charge is 0.474 e. The minimum Gasteiger partial charge on any atom is -0.474 e. The molecule has 1 atom stereocenters. The van der Waals surface area contributed by atoms with Crippen LogP contribution in [0.4, 0.5) is 29.7 Å². The summed E-state index contributed by atoms with van der Waals surface area (Å²) in [5.74, 6) is -1.59. The van der Waals surface area contributed by atoms with Crippen LogP contribution >= 0.6 is 12.2 Å². The van der Waals surface area contributed by atoms with Crippen LogP contribution in [0.25, 0.3) is 0 Å². The zero-order valence-electron chi connectivity index (χ0n) is 17.2. The van der Waals surface area contributed by atoms with Gasteiger partial charge in [0.15, 0.2) is 11.6 Å². The van der Waals surface area contributed by atoms with Crippen LogP contribution in [0.5, 0.6) is 0 Å². The van der Waals surface area contributed by atoms with Gasteiger partial charge in [-0.05, 0) is 19.1 Å². The smallest absolute Gasteiger partial charge is 0.414 e. The molecule has 1 aromatic rings. The number of hydrogen-bond acceptors (Lipinski definition) is 7. The summed E-state index contributed by atoms with van der Waals surface area (Å²) < 4.78 is 44.7. The third kappa shape index (κ3) is 5.24. The van der Waals surface area contributed by atoms with Crippen LogP contribution in [-0.2, 0) is 14.2 Å². The molecule has 2 aliphatic heterocycles. The minimum atomic E-state index is -0.797. The third-order valence-corrected chi connectivity index (χ3v) is 5.28. The molecule has 2 amide bonds. The quantitative estimate of drug-likeness (QED) is 0.672. The zero-order chi connectivity index (χ0) is 22.5. The number of nitrogens with zero attached hydrogens (tertiary/aromatic N) is 3. The molecule has 12 heteroatoms. The van der Waals surface area contributed by atoms with E-state index in [-0.39, 0.29) is 62.4 Å². The fourth-order valence-corrected chi connectivity index (χ4v) is 3.53. The molecular formula is C19H24F2N4O5S. The van der Waals surface area contributed by atoms with Gasteiger partial charge in [0.25, 0.3) is 5.17 Å². The zero-order valence-corrected chi connectivity index (χ0v) is 18.0. The fourth-order valence-electron chi connectivity index (χ4n) is 3.45. The van der Waals surface area contributed by atoms with E-state index in [9.17, 15) is 18.4 Å². The second-order valence-corrected chi connectivity index (χ2v) is 7.29. The first-order chi connectivity index (χ1) is 14.8. The van der Waals surface area contributed by atoms with Crippen molar-refractivity contribution in [3.8, 4) is 0 Å². The number of hydrogen-bond donors (Lipinski definition) is 1. The summed E-state index contributed by atoms with van der Waals surface area (Å²) in [6, 6.07) is 2.21. The fraction of sp³-hybridized carbons (Fsp3) is 0.526. The summed E-state index contributed by atoms with van der Waals surface area (Å²) in [6.07, 6.45) is -1.70. The van der Waals surface area contributed by atoms with E-state index < -0.39 is 29.9 Å². The molecule has 0 saturated carbocycles. The Balaban J connectivity index is 1.66. The van der Waals surface area contributed by atoms with Gasteiger partial charge in [-0.2, -0.15) is 0 Å². The number of methoxy groups -OCH3 is 1. The van der Waals surface area contributed by atoms with E-state index in [1.54, 1.807) is 6.92 Å². The predicted molar refractivity (Wildman–Crippen MR) is 112 cm³/mol. The van der Waals surface area contributed by atoms with Crippen LogP contribution in [0.3, 0.4) is 0 Å². The van der Waals surface area contributed by atoms with Crippen molar-refractivity contribution in [3.05, 3.63) is 23.8 Å². The number of ether oxygens (including phenoxy) is 3. The lowest BCUT2D eigenvalue weighted by molar-refractivity contribution is 0.105. The van der Waals surface area contributed by atoms with Gasteiger partial charge in [0.1, 0.15) is 11.8 Å². The Morgan fingerprint density at radius 2 is 1.90 bits per heavy atom. The number of amides is 2. The lowest BCUT2D eigenvalue weighted by Gasteiger charge is -2.35. The molecule has 0 spiro atoms. The molecule has 0 aliphatic carbocycles. The van der Waals surface area contributed by atoms with Gasteiger partial charge in [0.05, 0.1) is 32.5 Å². The number of rotatable bonds is 5. The van der Waals surface area contributed by atoms with E-state index in [1.165, 1.54) is 16.9 Å². The molecule has 9 nitrogen and oxygen atoms in total. The molecule has 31 heavy (non-hydrogen) atoms. The van der Waals surface area contributed by atoms with E-state index in [2.05, 4.69) is 5.32 Å². The van der Waals surface area contributed by atoms with Crippen molar-refractivity contribution in [2.24, 2.45) is 0 Å². The highest BCUT2D eigenvalue weighted by atomic mass is 32.1. The Bertz CT molecular complexity index is 828. The van der Waals surface area contributed by atoms with Crippen molar-refractivity contribution >= 4 is 41.0 Å². The van der Waals surface area contributed by atoms with Gasteiger partial charge in [0.2, 0.25) is 0 Å². The third-order valence-electron chi connectivity index (χ3n) is 4.97. The first kappa shape index (κ1) is 22.8. The molecule has 1 N–H and O–H groups in total. The van der Waals surface area contributed by atoms with Crippen LogP contribution in [-0.4, -0.2) is 81.4 Å². The van der Waals surface area contributed by atoms with Crippen molar-refractivity contribution < 1.29 is 32.6 Å². The Kier molecular flexibility index (Phi) is 7.31. The minimum absolute atomic E-state index is 0.0609. The van der Waals surface area contributed by atoms with Crippen LogP contribution in [0.1, 0.15) is 6.92 Å². The van der Waals surface area contributed by atoms with Crippen LogP contribution in [0, 0.1) is 11.6 Å². The predicted octanol–water partition coefficient (Wildman–Crippen LogP) is 2.09. The number of piperazine rings is 1. The van der Waals surface area contributed by atoms with Gasteiger partial charge in [-0.25, -0.2) is 18.4 Å². The van der Waals surface area contributed by atoms with Crippen molar-refractivity contribution in [3.63, 3.8) is 0 Å². The number of nitrogens with one attached hydrogen (secondary N) is 1. The average molecular weight is 458 g/mol. The van der Waals surface area contributed by atoms with Gasteiger partial charge in [-0.1, -0.05) is 0 Å². The van der Waals surface area contributed by atoms with E-state index in [0.29, 0.717) is 0 Å². The van der Waals surface area contributed by atoms with Crippen molar-refractivity contribution in [2.45, 2.75) is 13.0 Å². The number of carbonyl (C=O) groups excluding carboxylic acids is 2. The highest BCUT2D eigenvalue weighted by Crippen LogP contribution is 2.31. The van der Waals surface area contributed by atoms with E-state index in [4.69, 9.17) is 26.4 Å². The highest BCUT2D eigenvalue weighted by Gasteiger charge is 2.34. The first-order valence-electron chi connectivity index (χ1n) is 9.79. The van der Waals surface area contributed by atoms with Gasteiger partial charge < -0.3 is 29.3 Å². The molecule has 0 unspecified atom stereocenters. The number of cyclic esters (lactones) is 1. The molecular weight excluding hydrogens is 434 g/mol. The Labute approximate surface area is 183 Å². The molecule has 1 aromatic carbocycles. The SMILES string of the molecule is CCOC(=O)N1CCN(c2c(F)cc(N3C[C@H](CNC(=S)OC)OC3=O)cc2F)CC1. The molecule has 0 radical (unpaired) electrons. The Morgan fingerprint density at radius 1 is 1.26 bits per heavy atom. The normalized spacial score (nSPS) is 18.6. The molecule has 2 heterocycles. The van der Waals surface area contributed by atoms with E-state index in [0.717, 1.165) is 17.0 Å². The number of benzene rings is 1. The van der Waals surface area contributed by atoms with Crippen molar-refractivity contribution in [1.82, 2.24) is 10.2 Å². The summed E-state index contributed by atoms with van der Waals surface area (Å²) in [5, 5.41) is 2.93. The topological polar surface area (TPSA) is 83.6 Å². The van der Waals surface area contributed by atoms with Gasteiger partial charge in [-0.3, -0.25) is 4.90 Å². The standard InChI is InChI=1S/C19H24F2N4O5S/c1-3-29-18(26)24-6-4-23(5-7-24)16-14(20)8-12(9-15(16)21)25-11-13(30-19(25)27)10-22-17(31)28-2/h8-9,13H,3-7,10-11H2,1-2H3,(H,22,31)/t13-/m0/s1. The molecule has 0 aromatic heterocycles. The van der Waals surface area contributed by atoms with Crippen molar-refractivity contribution in [2.75, 3.05) is 62.8 Å². The molecule has 3 rings (SSSR count). The lowest BCUT2D eigenvalue weighted by atomic mass is 10.2. The molecule has 170 valence electrons. The highest BCUT2D eigenvalue weighted by molar-refractivity contribution is 7.80. The molecule has 2 fully saturated rings. The molecule has 0 bridgehead atoms. The maximum absolute atomic E-state index is 14.8. The maximum atomic E-state index is 14.8. The average Bonchev–Trinajstić information content (AvgIpc) is 3.12. The van der Waals surface area contributed by atoms with Gasteiger partial charge >= 0.3 is 12.2 Å². The first-order valence-corrected chi connectivity index (χ1v) is 10.2. The number of carbonyl (C=O) groups is 2. The van der Waals surface area contributed by atoms with Gasteiger partial charge in [-0.15, -0.1) is 0 Å². The summed E-state index contributed by atoms with van der Waals surface area (Å²) in [6.45, 7) is 3.38. The summed E-state index contributed by atoms with van der Waals surface area (Å²) >= 11 is 4.87. The lowest BCUT2D eigenvalue weighted by Crippen LogP contribution is -2.49. The van der Waals surface area contributed by atoms with Gasteiger partial charge in [0, 0.05) is 38.3 Å². The van der Waals surface area contributed by atoms with E-state index in [1.807, 2.05) is 0 Å². The number of thiocarbonyl (C=S) groups is 1. The Morgan fingerprint density at radius 3 is 2.48 bits per heavy atom. The van der Waals surface area contributed by atoms with Crippen LogP contribution in [0.2, 0.25) is 0 Å². The van der Waals surface area contributed by atoms with Crippen LogP contribution in [0.15, 0.2) is 12.1 Å². The second-order valence-electron chi connectivity index (χ2n) is 6.92. The maximum Gasteiger partial charge on any atom is 0.414 e. The number of anilines is 2. The summed E-state index contributed by atoms with van der Waals surface area (Å²) in [5.41, 5.74) is -0.130. The second kappa shape index (κ2) is 9.94. The molecule has 2 aliphatic rings. The summed E-state index contributed by atoms with van der Waals surface area (Å²) in [7, 11) is 1.41.